The third-order valence-corrected chi connectivity index (χ3v) is 12.6. The first kappa shape index (κ1) is 40.0. The zero-order valence-corrected chi connectivity index (χ0v) is 32.1. The highest BCUT2D eigenvalue weighted by molar-refractivity contribution is 7.97. The van der Waals surface area contributed by atoms with Crippen LogP contribution in [0.5, 0.6) is 17.2 Å². The lowest BCUT2D eigenvalue weighted by molar-refractivity contribution is -0.245. The van der Waals surface area contributed by atoms with Crippen molar-refractivity contribution in [3.05, 3.63) is 125 Å². The maximum absolute atomic E-state index is 12.0. The Morgan fingerprint density at radius 3 is 1.78 bits per heavy atom. The van der Waals surface area contributed by atoms with E-state index >= 15 is 0 Å². The molecular weight excluding hydrogens is 737 g/mol. The van der Waals surface area contributed by atoms with Crippen molar-refractivity contribution < 1.29 is 55.0 Å². The van der Waals surface area contributed by atoms with Gasteiger partial charge >= 0.3 is 10.4 Å². The van der Waals surface area contributed by atoms with Crippen LogP contribution in [0.2, 0.25) is 0 Å². The molecule has 2 saturated heterocycles. The normalized spacial score (nSPS) is 24.3. The lowest BCUT2D eigenvalue weighted by Gasteiger charge is -2.35. The van der Waals surface area contributed by atoms with E-state index in [1.54, 1.807) is 21.3 Å². The van der Waals surface area contributed by atoms with E-state index < -0.39 is 45.9 Å². The van der Waals surface area contributed by atoms with E-state index in [1.807, 2.05) is 103 Å². The average Bonchev–Trinajstić information content (AvgIpc) is 3.52. The molecule has 6 rings (SSSR count). The summed E-state index contributed by atoms with van der Waals surface area (Å²) in [4.78, 5) is 0. The second-order valence-electron chi connectivity index (χ2n) is 12.9. The number of methoxy groups -OCH3 is 3. The van der Waals surface area contributed by atoms with E-state index in [4.69, 9.17) is 42.1 Å². The smallest absolute Gasteiger partial charge is 0.397 e. The first-order valence-electron chi connectivity index (χ1n) is 17.5. The Labute approximate surface area is 319 Å². The van der Waals surface area contributed by atoms with E-state index in [-0.39, 0.29) is 18.0 Å². The van der Waals surface area contributed by atoms with Gasteiger partial charge in [-0.3, -0.25) is 4.55 Å². The number of rotatable bonds is 18. The maximum Gasteiger partial charge on any atom is 0.397 e. The van der Waals surface area contributed by atoms with Crippen LogP contribution in [0.25, 0.3) is 0 Å². The van der Waals surface area contributed by atoms with Crippen molar-refractivity contribution in [2.75, 3.05) is 46.0 Å². The highest BCUT2D eigenvalue weighted by Crippen LogP contribution is 2.35. The third-order valence-electron chi connectivity index (χ3n) is 9.29. The van der Waals surface area contributed by atoms with Crippen molar-refractivity contribution in [2.45, 2.75) is 55.8 Å². The van der Waals surface area contributed by atoms with Crippen LogP contribution in [0, 0.1) is 0 Å². The lowest BCUT2D eigenvalue weighted by atomic mass is 10.1. The molecule has 54 heavy (non-hydrogen) atoms. The molecule has 0 radical (unpaired) electrons. The van der Waals surface area contributed by atoms with Crippen LogP contribution in [0.15, 0.2) is 103 Å². The van der Waals surface area contributed by atoms with Gasteiger partial charge in [-0.25, -0.2) is 4.18 Å². The van der Waals surface area contributed by atoms with Crippen LogP contribution >= 0.6 is 0 Å². The van der Waals surface area contributed by atoms with Gasteiger partial charge in [-0.15, -0.1) is 0 Å². The molecule has 4 aromatic carbocycles. The Morgan fingerprint density at radius 1 is 0.704 bits per heavy atom. The molecule has 0 amide bonds. The van der Waals surface area contributed by atoms with Crippen LogP contribution in [0.4, 0.5) is 0 Å². The Balaban J connectivity index is 1.27. The standard InChI is InChI=1S/C40H46O12S2/c1-44-32-15-9-28(10-16-32)21-47-25-38-39(49-23-30-13-19-34(46-3)20-14-30)37(48-22-29-11-17-33(45-2)18-12-29)27-53(38)26-36-35(52-54(41,42)43)24-50-40(51-36)31-7-5-4-6-8-31/h4-20,35-40H,21-27H2,1-3H3/p+1/t35-,36+,37+,38+,39-,40-,53?/m0/s1. The monoisotopic (exact) mass is 783 g/mol. The van der Waals surface area contributed by atoms with Crippen LogP contribution in [-0.4, -0.2) is 88.7 Å². The summed E-state index contributed by atoms with van der Waals surface area (Å²) < 4.78 is 87.0. The van der Waals surface area contributed by atoms with Gasteiger partial charge in [-0.1, -0.05) is 66.7 Å². The van der Waals surface area contributed by atoms with Crippen LogP contribution < -0.4 is 14.2 Å². The summed E-state index contributed by atoms with van der Waals surface area (Å²) in [7, 11) is -0.427. The molecule has 7 atom stereocenters. The van der Waals surface area contributed by atoms with Crippen molar-refractivity contribution in [3.63, 3.8) is 0 Å². The fourth-order valence-electron chi connectivity index (χ4n) is 6.42. The van der Waals surface area contributed by atoms with Crippen molar-refractivity contribution in [2.24, 2.45) is 0 Å². The summed E-state index contributed by atoms with van der Waals surface area (Å²) in [5, 5.41) is -0.171. The first-order valence-corrected chi connectivity index (χ1v) is 20.5. The number of hydrogen-bond donors (Lipinski definition) is 1. The van der Waals surface area contributed by atoms with Gasteiger partial charge < -0.3 is 37.9 Å². The quantitative estimate of drug-likeness (QED) is 0.0979. The highest BCUT2D eigenvalue weighted by atomic mass is 32.3. The summed E-state index contributed by atoms with van der Waals surface area (Å²) in [5.74, 6) is 3.23. The zero-order chi connectivity index (χ0) is 37.9. The molecule has 2 heterocycles. The number of hydrogen-bond acceptors (Lipinski definition) is 11. The van der Waals surface area contributed by atoms with Crippen LogP contribution in [0.1, 0.15) is 28.5 Å². The van der Waals surface area contributed by atoms with Gasteiger partial charge in [0, 0.05) is 16.5 Å². The molecule has 12 nitrogen and oxygen atoms in total. The van der Waals surface area contributed by atoms with Gasteiger partial charge in [0.05, 0.1) is 54.4 Å². The van der Waals surface area contributed by atoms with E-state index in [0.29, 0.717) is 37.9 Å². The average molecular weight is 784 g/mol. The van der Waals surface area contributed by atoms with Crippen molar-refractivity contribution in [3.8, 4) is 17.2 Å². The van der Waals surface area contributed by atoms with Gasteiger partial charge in [0.25, 0.3) is 0 Å². The largest absolute Gasteiger partial charge is 0.497 e. The maximum atomic E-state index is 12.0. The Morgan fingerprint density at radius 2 is 1.24 bits per heavy atom. The van der Waals surface area contributed by atoms with Gasteiger partial charge in [-0.2, -0.15) is 8.42 Å². The van der Waals surface area contributed by atoms with Crippen LogP contribution in [0.3, 0.4) is 0 Å². The number of ether oxygens (including phenoxy) is 8. The molecule has 1 N–H and O–H groups in total. The summed E-state index contributed by atoms with van der Waals surface area (Å²) in [5.41, 5.74) is 3.71. The van der Waals surface area contributed by atoms with Crippen molar-refractivity contribution in [1.29, 1.82) is 0 Å². The molecule has 2 aliphatic heterocycles. The zero-order valence-electron chi connectivity index (χ0n) is 30.5. The summed E-state index contributed by atoms with van der Waals surface area (Å²) in [6.45, 7) is 1.25. The van der Waals surface area contributed by atoms with E-state index in [1.165, 1.54) is 0 Å². The third kappa shape index (κ3) is 11.2. The molecule has 0 spiro atoms. The van der Waals surface area contributed by atoms with Gasteiger partial charge in [0.2, 0.25) is 0 Å². The fourth-order valence-corrected chi connectivity index (χ4v) is 9.88. The van der Waals surface area contributed by atoms with E-state index in [9.17, 15) is 13.0 Å². The molecule has 14 heteroatoms. The summed E-state index contributed by atoms with van der Waals surface area (Å²) in [6.07, 6.45) is -3.31. The molecule has 290 valence electrons. The molecule has 1 unspecified atom stereocenters. The summed E-state index contributed by atoms with van der Waals surface area (Å²) >= 11 is 0. The molecule has 0 aromatic heterocycles. The van der Waals surface area contributed by atoms with Gasteiger partial charge in [0.1, 0.15) is 53.2 Å². The first-order chi connectivity index (χ1) is 26.2. The van der Waals surface area contributed by atoms with Crippen molar-refractivity contribution >= 4 is 21.3 Å². The van der Waals surface area contributed by atoms with Gasteiger partial charge in [-0.05, 0) is 53.1 Å². The molecule has 0 aliphatic carbocycles. The highest BCUT2D eigenvalue weighted by Gasteiger charge is 2.55. The lowest BCUT2D eigenvalue weighted by Crippen LogP contribution is -2.48. The molecule has 0 bridgehead atoms. The predicted octanol–water partition coefficient (Wildman–Crippen LogP) is 5.70. The molecule has 0 saturated carbocycles. The molecular formula is C40H47O12S2+. The SMILES string of the molecule is COc1ccc(COC[C@@H]2[C@@H](OCc3ccc(OC)cc3)[C@H](OCc3ccc(OC)cc3)C[S+]2C[C@H]2O[C@@H](c3ccccc3)OC[C@@H]2OS(=O)(=O)O)cc1. The predicted molar refractivity (Wildman–Crippen MR) is 203 cm³/mol. The van der Waals surface area contributed by atoms with E-state index in [2.05, 4.69) is 0 Å². The molecule has 2 fully saturated rings. The Bertz CT molecular complexity index is 1830. The van der Waals surface area contributed by atoms with Crippen molar-refractivity contribution in [1.82, 2.24) is 0 Å². The van der Waals surface area contributed by atoms with E-state index in [0.717, 1.165) is 39.5 Å². The van der Waals surface area contributed by atoms with Gasteiger partial charge in [0.15, 0.2) is 11.5 Å². The molecule has 4 aromatic rings. The minimum absolute atomic E-state index is 0.103. The topological polar surface area (TPSA) is 137 Å². The number of benzene rings is 4. The minimum atomic E-state index is -4.80. The Hall–Kier alpha value is -3.70. The summed E-state index contributed by atoms with van der Waals surface area (Å²) in [6, 6.07) is 32.6. The molecule has 2 aliphatic rings. The minimum Gasteiger partial charge on any atom is -0.497 e. The fraction of sp³-hybridized carbons (Fsp3) is 0.400. The Kier molecular flexibility index (Phi) is 14.2. The second kappa shape index (κ2) is 19.2. The second-order valence-corrected chi connectivity index (χ2v) is 16.3. The van der Waals surface area contributed by atoms with Crippen LogP contribution in [-0.2, 0) is 69.0 Å².